The second kappa shape index (κ2) is 10.3. The van der Waals surface area contributed by atoms with E-state index < -0.39 is 0 Å². The minimum atomic E-state index is -0.281. The minimum absolute atomic E-state index is 0.00145. The Labute approximate surface area is 220 Å². The van der Waals surface area contributed by atoms with Crippen LogP contribution in [0.15, 0.2) is 114 Å². The second-order valence-corrected chi connectivity index (χ2v) is 9.79. The number of halogens is 3. The van der Waals surface area contributed by atoms with Gasteiger partial charge in [0, 0.05) is 25.6 Å². The molecule has 0 aromatic heterocycles. The number of hydrazone groups is 1. The summed E-state index contributed by atoms with van der Waals surface area (Å²) in [5.41, 5.74) is 5.86. The number of benzene rings is 4. The number of hydrogen-bond acceptors (Lipinski definition) is 3. The zero-order valence-corrected chi connectivity index (χ0v) is 20.6. The third kappa shape index (κ3) is 5.00. The summed E-state index contributed by atoms with van der Waals surface area (Å²) in [6.07, 6.45) is 2.07. The first-order valence-electron chi connectivity index (χ1n) is 12.6. The normalized spacial score (nSPS) is 20.4. The van der Waals surface area contributed by atoms with Crippen LogP contribution in [0.2, 0.25) is 0 Å². The van der Waals surface area contributed by atoms with E-state index in [9.17, 15) is 13.2 Å². The van der Waals surface area contributed by atoms with Crippen LogP contribution < -0.4 is 5.01 Å². The van der Waals surface area contributed by atoms with Crippen molar-refractivity contribution in [3.8, 4) is 0 Å². The first-order chi connectivity index (χ1) is 18.5. The summed E-state index contributed by atoms with van der Waals surface area (Å²) >= 11 is 0. The van der Waals surface area contributed by atoms with Crippen LogP contribution in [0.3, 0.4) is 0 Å². The smallest absolute Gasteiger partial charge is 0.123 e. The lowest BCUT2D eigenvalue weighted by molar-refractivity contribution is 0.245. The summed E-state index contributed by atoms with van der Waals surface area (Å²) in [6.45, 7) is 2.01. The zero-order chi connectivity index (χ0) is 26.1. The molecule has 6 heteroatoms. The Balaban J connectivity index is 1.43. The van der Waals surface area contributed by atoms with Gasteiger partial charge in [-0.15, -0.1) is 0 Å². The van der Waals surface area contributed by atoms with E-state index in [1.165, 1.54) is 36.4 Å². The van der Waals surface area contributed by atoms with Crippen molar-refractivity contribution in [2.45, 2.75) is 12.6 Å². The fourth-order valence-corrected chi connectivity index (χ4v) is 5.41. The molecule has 38 heavy (non-hydrogen) atoms. The number of para-hydroxylation sites is 1. The monoisotopic (exact) mass is 509 g/mol. The topological polar surface area (TPSA) is 18.8 Å². The summed E-state index contributed by atoms with van der Waals surface area (Å²) in [6, 6.07) is 29.5. The number of rotatable bonds is 5. The maximum atomic E-state index is 13.9. The highest BCUT2D eigenvalue weighted by Crippen LogP contribution is 2.43. The van der Waals surface area contributed by atoms with Crippen LogP contribution in [0.25, 0.3) is 6.08 Å². The van der Waals surface area contributed by atoms with Gasteiger partial charge in [-0.05, 0) is 76.9 Å². The van der Waals surface area contributed by atoms with Gasteiger partial charge in [0.15, 0.2) is 0 Å². The summed E-state index contributed by atoms with van der Waals surface area (Å²) < 4.78 is 41.0. The fraction of sp³-hybridized carbons (Fsp3) is 0.156. The molecule has 190 valence electrons. The molecule has 0 saturated carbocycles. The van der Waals surface area contributed by atoms with Crippen molar-refractivity contribution in [1.29, 1.82) is 0 Å². The Bertz CT molecular complexity index is 1460. The van der Waals surface area contributed by atoms with Crippen LogP contribution in [-0.2, 0) is 6.54 Å². The zero-order valence-electron chi connectivity index (χ0n) is 20.6. The molecule has 0 amide bonds. The maximum Gasteiger partial charge on any atom is 0.123 e. The quantitative estimate of drug-likeness (QED) is 0.283. The van der Waals surface area contributed by atoms with Crippen LogP contribution in [-0.4, -0.2) is 23.7 Å². The SMILES string of the molecule is Fc1ccc(C=C2CN(Cc3ccc(F)cc3)CC3C2=NN(c2ccccc2)C3c2ccc(F)cc2)cc1. The van der Waals surface area contributed by atoms with Gasteiger partial charge in [0.1, 0.15) is 17.5 Å². The van der Waals surface area contributed by atoms with E-state index in [0.717, 1.165) is 40.2 Å². The highest BCUT2D eigenvalue weighted by Gasteiger charge is 2.44. The Morgan fingerprint density at radius 3 is 2.00 bits per heavy atom. The van der Waals surface area contributed by atoms with E-state index >= 15 is 0 Å². The molecule has 2 aliphatic heterocycles. The van der Waals surface area contributed by atoms with Gasteiger partial charge < -0.3 is 0 Å². The Morgan fingerprint density at radius 2 is 1.34 bits per heavy atom. The number of nitrogens with zero attached hydrogens (tertiary/aromatic N) is 3. The molecule has 0 aliphatic carbocycles. The fourth-order valence-electron chi connectivity index (χ4n) is 5.41. The lowest BCUT2D eigenvalue weighted by atomic mass is 9.82. The van der Waals surface area contributed by atoms with E-state index in [1.54, 1.807) is 12.1 Å². The molecule has 1 fully saturated rings. The van der Waals surface area contributed by atoms with Crippen LogP contribution in [0.4, 0.5) is 18.9 Å². The van der Waals surface area contributed by atoms with E-state index in [0.29, 0.717) is 13.1 Å². The van der Waals surface area contributed by atoms with Gasteiger partial charge in [-0.3, -0.25) is 9.91 Å². The number of likely N-dealkylation sites (tertiary alicyclic amines) is 1. The minimum Gasteiger partial charge on any atom is -0.294 e. The van der Waals surface area contributed by atoms with Crippen molar-refractivity contribution in [3.05, 3.63) is 143 Å². The molecule has 2 aliphatic rings. The number of fused-ring (bicyclic) bond motifs is 1. The van der Waals surface area contributed by atoms with Crippen LogP contribution in [0.5, 0.6) is 0 Å². The van der Waals surface area contributed by atoms with Crippen molar-refractivity contribution >= 4 is 17.5 Å². The molecule has 2 heterocycles. The number of piperidine rings is 1. The van der Waals surface area contributed by atoms with Gasteiger partial charge in [-0.1, -0.05) is 54.6 Å². The molecule has 2 atom stereocenters. The standard InChI is InChI=1S/C32H26F3N3/c33-26-12-6-22(7-13-26)18-25-20-37(19-23-8-14-27(34)15-9-23)21-30-31(25)36-38(29-4-2-1-3-5-29)32(30)24-10-16-28(35)17-11-24/h1-18,30,32H,19-21H2. The van der Waals surface area contributed by atoms with E-state index in [2.05, 4.69) is 11.0 Å². The molecular weight excluding hydrogens is 483 g/mol. The Kier molecular flexibility index (Phi) is 6.56. The predicted octanol–water partition coefficient (Wildman–Crippen LogP) is 7.24. The summed E-state index contributed by atoms with van der Waals surface area (Å²) in [7, 11) is 0. The van der Waals surface area contributed by atoms with Crippen molar-refractivity contribution in [1.82, 2.24) is 4.90 Å². The van der Waals surface area contributed by atoms with Crippen LogP contribution in [0, 0.1) is 23.4 Å². The molecular formula is C32H26F3N3. The largest absolute Gasteiger partial charge is 0.294 e. The van der Waals surface area contributed by atoms with Crippen LogP contribution >= 0.6 is 0 Å². The molecule has 0 bridgehead atoms. The third-order valence-electron chi connectivity index (χ3n) is 7.15. The summed E-state index contributed by atoms with van der Waals surface area (Å²) in [5, 5.41) is 7.18. The molecule has 2 unspecified atom stereocenters. The lowest BCUT2D eigenvalue weighted by Crippen LogP contribution is -2.43. The molecule has 6 rings (SSSR count). The van der Waals surface area contributed by atoms with Crippen molar-refractivity contribution in [2.75, 3.05) is 18.1 Å². The van der Waals surface area contributed by atoms with E-state index in [4.69, 9.17) is 5.10 Å². The Morgan fingerprint density at radius 1 is 0.737 bits per heavy atom. The van der Waals surface area contributed by atoms with Gasteiger partial charge in [-0.2, -0.15) is 5.10 Å². The lowest BCUT2D eigenvalue weighted by Gasteiger charge is -2.36. The molecule has 0 radical (unpaired) electrons. The van der Waals surface area contributed by atoms with Crippen molar-refractivity contribution < 1.29 is 13.2 Å². The molecule has 1 saturated heterocycles. The van der Waals surface area contributed by atoms with Crippen molar-refractivity contribution in [2.24, 2.45) is 11.0 Å². The number of anilines is 1. The summed E-state index contributed by atoms with van der Waals surface area (Å²) in [4.78, 5) is 2.33. The van der Waals surface area contributed by atoms with Gasteiger partial charge in [-0.25, -0.2) is 13.2 Å². The molecule has 0 spiro atoms. The van der Waals surface area contributed by atoms with Gasteiger partial charge >= 0.3 is 0 Å². The van der Waals surface area contributed by atoms with Gasteiger partial charge in [0.25, 0.3) is 0 Å². The Hall–Kier alpha value is -4.16. The average Bonchev–Trinajstić information content (AvgIpc) is 3.32. The first kappa shape index (κ1) is 24.2. The maximum absolute atomic E-state index is 13.9. The van der Waals surface area contributed by atoms with E-state index in [-0.39, 0.29) is 29.4 Å². The van der Waals surface area contributed by atoms with Gasteiger partial charge in [0.2, 0.25) is 0 Å². The van der Waals surface area contributed by atoms with Crippen LogP contribution in [0.1, 0.15) is 22.7 Å². The molecule has 4 aromatic rings. The highest BCUT2D eigenvalue weighted by molar-refractivity contribution is 6.09. The summed E-state index contributed by atoms with van der Waals surface area (Å²) in [5.74, 6) is -0.819. The predicted molar refractivity (Wildman–Crippen MR) is 145 cm³/mol. The third-order valence-corrected chi connectivity index (χ3v) is 7.15. The molecule has 4 aromatic carbocycles. The highest BCUT2D eigenvalue weighted by atomic mass is 19.1. The first-order valence-corrected chi connectivity index (χ1v) is 12.6. The number of hydrogen-bond donors (Lipinski definition) is 0. The van der Waals surface area contributed by atoms with E-state index in [1.807, 2.05) is 59.6 Å². The van der Waals surface area contributed by atoms with Gasteiger partial charge in [0.05, 0.1) is 17.4 Å². The van der Waals surface area contributed by atoms with Crippen molar-refractivity contribution in [3.63, 3.8) is 0 Å². The average molecular weight is 510 g/mol. The molecule has 0 N–H and O–H groups in total. The second-order valence-electron chi connectivity index (χ2n) is 9.79. The molecule has 3 nitrogen and oxygen atoms in total.